The van der Waals surface area contributed by atoms with Gasteiger partial charge in [0.05, 0.1) is 0 Å². The summed E-state index contributed by atoms with van der Waals surface area (Å²) >= 11 is 0. The molecule has 0 fully saturated rings. The third kappa shape index (κ3) is 22.2. The van der Waals surface area contributed by atoms with Crippen molar-refractivity contribution in [3.8, 4) is 0 Å². The van der Waals surface area contributed by atoms with Crippen LogP contribution in [0.25, 0.3) is 0 Å². The van der Waals surface area contributed by atoms with Crippen molar-refractivity contribution < 1.29 is 14.7 Å². The second-order valence-corrected chi connectivity index (χ2v) is 9.70. The van der Waals surface area contributed by atoms with E-state index in [1.165, 1.54) is 83.5 Å². The van der Waals surface area contributed by atoms with Crippen LogP contribution < -0.4 is 5.32 Å². The van der Waals surface area contributed by atoms with Crippen LogP contribution in [0.3, 0.4) is 0 Å². The molecule has 0 aliphatic rings. The molecule has 0 rings (SSSR count). The number of allylic oxidation sites excluding steroid dienone is 2. The molecule has 5 heteroatoms. The normalized spacial score (nSPS) is 12.5. The van der Waals surface area contributed by atoms with E-state index in [4.69, 9.17) is 5.11 Å². The van der Waals surface area contributed by atoms with Gasteiger partial charge < -0.3 is 10.4 Å². The molecule has 0 aromatic carbocycles. The minimum absolute atomic E-state index is 0.133. The first-order valence-corrected chi connectivity index (χ1v) is 13.8. The Kier molecular flexibility index (Phi) is 22.8. The molecule has 0 unspecified atom stereocenters. The largest absolute Gasteiger partial charge is 0.480 e. The maximum Gasteiger partial charge on any atom is 0.320 e. The van der Waals surface area contributed by atoms with Gasteiger partial charge in [0.15, 0.2) is 0 Å². The zero-order valence-electron chi connectivity index (χ0n) is 22.1. The predicted octanol–water partition coefficient (Wildman–Crippen LogP) is 7.11. The van der Waals surface area contributed by atoms with E-state index >= 15 is 0 Å². The van der Waals surface area contributed by atoms with Crippen LogP contribution in [0.15, 0.2) is 12.2 Å². The third-order valence-corrected chi connectivity index (χ3v) is 6.30. The molecular formula is C28H54N2O3. The molecule has 0 radical (unpaired) electrons. The second-order valence-electron chi connectivity index (χ2n) is 9.70. The van der Waals surface area contributed by atoms with Gasteiger partial charge in [0.2, 0.25) is 5.91 Å². The average molecular weight is 467 g/mol. The van der Waals surface area contributed by atoms with Crippen LogP contribution in [0, 0.1) is 0 Å². The van der Waals surface area contributed by atoms with Crippen LogP contribution in [0.2, 0.25) is 0 Å². The minimum Gasteiger partial charge on any atom is -0.480 e. The van der Waals surface area contributed by atoms with Gasteiger partial charge in [-0.2, -0.15) is 0 Å². The Hall–Kier alpha value is -1.36. The number of unbranched alkanes of at least 4 members (excludes halogenated alkanes) is 14. The highest BCUT2D eigenvalue weighted by Gasteiger charge is 2.18. The van der Waals surface area contributed by atoms with Gasteiger partial charge in [-0.05, 0) is 59.0 Å². The van der Waals surface area contributed by atoms with Crippen molar-refractivity contribution in [2.24, 2.45) is 0 Å². The number of carbonyl (C=O) groups is 2. The molecule has 1 amide bonds. The molecule has 5 nitrogen and oxygen atoms in total. The van der Waals surface area contributed by atoms with E-state index in [1.807, 2.05) is 0 Å². The molecule has 0 saturated carbocycles. The summed E-state index contributed by atoms with van der Waals surface area (Å²) in [7, 11) is 3.58. The summed E-state index contributed by atoms with van der Waals surface area (Å²) in [6.45, 7) is 2.89. The van der Waals surface area contributed by atoms with Gasteiger partial charge in [0.25, 0.3) is 0 Å². The number of nitrogens with zero attached hydrogens (tertiary/aromatic N) is 1. The van der Waals surface area contributed by atoms with Crippen molar-refractivity contribution in [2.45, 2.75) is 135 Å². The van der Waals surface area contributed by atoms with E-state index in [-0.39, 0.29) is 5.91 Å². The molecule has 0 spiro atoms. The number of likely N-dealkylation sites (N-methyl/N-ethyl adjacent to an activating group) is 1. The second kappa shape index (κ2) is 23.8. The van der Waals surface area contributed by atoms with Gasteiger partial charge in [-0.15, -0.1) is 0 Å². The molecule has 2 N–H and O–H groups in total. The molecule has 0 heterocycles. The lowest BCUT2D eigenvalue weighted by Crippen LogP contribution is -2.35. The molecular weight excluding hydrogens is 412 g/mol. The lowest BCUT2D eigenvalue weighted by Gasteiger charge is -2.19. The lowest BCUT2D eigenvalue weighted by atomic mass is 10.0. The maximum atomic E-state index is 11.9. The molecule has 0 saturated heterocycles. The van der Waals surface area contributed by atoms with Crippen LogP contribution in [-0.2, 0) is 9.59 Å². The van der Waals surface area contributed by atoms with Gasteiger partial charge >= 0.3 is 5.97 Å². The highest BCUT2D eigenvalue weighted by Crippen LogP contribution is 2.13. The van der Waals surface area contributed by atoms with Gasteiger partial charge in [-0.25, -0.2) is 0 Å². The van der Waals surface area contributed by atoms with Gasteiger partial charge in [0, 0.05) is 13.0 Å². The molecule has 0 aliphatic heterocycles. The number of rotatable bonds is 24. The number of nitrogens with one attached hydrogen (secondary N) is 1. The quantitative estimate of drug-likeness (QED) is 0.117. The highest BCUT2D eigenvalue weighted by atomic mass is 16.4. The number of aliphatic carboxylic acids is 1. The van der Waals surface area contributed by atoms with Crippen LogP contribution in [0.4, 0.5) is 0 Å². The van der Waals surface area contributed by atoms with Crippen LogP contribution in [0.5, 0.6) is 0 Å². The van der Waals surface area contributed by atoms with Gasteiger partial charge in [0.1, 0.15) is 6.04 Å². The number of carbonyl (C=O) groups excluding carboxylic acids is 1. The summed E-state index contributed by atoms with van der Waals surface area (Å²) in [5.41, 5.74) is 0. The van der Waals surface area contributed by atoms with Crippen molar-refractivity contribution in [2.75, 3.05) is 20.6 Å². The zero-order chi connectivity index (χ0) is 24.6. The Morgan fingerprint density at radius 3 is 1.79 bits per heavy atom. The molecule has 33 heavy (non-hydrogen) atoms. The summed E-state index contributed by atoms with van der Waals surface area (Å²) in [5.74, 6) is -0.644. The molecule has 1 atom stereocenters. The SMILES string of the molecule is CCCC/C=C/CCCCCCCCCCCCCC(=O)NCCCC[C@@H](C(=O)O)N(C)C. The summed E-state index contributed by atoms with van der Waals surface area (Å²) < 4.78 is 0. The zero-order valence-corrected chi connectivity index (χ0v) is 22.1. The topological polar surface area (TPSA) is 69.6 Å². The number of amides is 1. The summed E-state index contributed by atoms with van der Waals surface area (Å²) in [6.07, 6.45) is 26.9. The number of hydrogen-bond donors (Lipinski definition) is 2. The Bertz CT molecular complexity index is 492. The first-order chi connectivity index (χ1) is 16.0. The van der Waals surface area contributed by atoms with Crippen LogP contribution >= 0.6 is 0 Å². The smallest absolute Gasteiger partial charge is 0.320 e. The maximum absolute atomic E-state index is 11.9. The van der Waals surface area contributed by atoms with E-state index < -0.39 is 12.0 Å². The van der Waals surface area contributed by atoms with Crippen molar-refractivity contribution in [3.05, 3.63) is 12.2 Å². The van der Waals surface area contributed by atoms with Gasteiger partial charge in [-0.1, -0.05) is 89.7 Å². The standard InChI is InChI=1S/C28H54N2O3/c1-4-5-6-7-8-9-10-11-12-13-14-15-16-17-18-19-20-24-27(31)29-25-22-21-23-26(28(32)33)30(2)3/h7-8,26H,4-6,9-25H2,1-3H3,(H,29,31)(H,32,33)/b8-7+/t26-/m0/s1. The predicted molar refractivity (Wildman–Crippen MR) is 141 cm³/mol. The first kappa shape index (κ1) is 31.6. The van der Waals surface area contributed by atoms with Crippen molar-refractivity contribution >= 4 is 11.9 Å². The van der Waals surface area contributed by atoms with E-state index in [2.05, 4.69) is 24.4 Å². The molecule has 0 aliphatic carbocycles. The Morgan fingerprint density at radius 2 is 1.27 bits per heavy atom. The van der Waals surface area contributed by atoms with Crippen molar-refractivity contribution in [1.29, 1.82) is 0 Å². The Labute approximate surface area is 204 Å². The Balaban J connectivity index is 3.33. The number of carboxylic acids is 1. The third-order valence-electron chi connectivity index (χ3n) is 6.30. The lowest BCUT2D eigenvalue weighted by molar-refractivity contribution is -0.142. The average Bonchev–Trinajstić information content (AvgIpc) is 2.77. The fourth-order valence-electron chi connectivity index (χ4n) is 4.08. The highest BCUT2D eigenvalue weighted by molar-refractivity contribution is 5.75. The van der Waals surface area contributed by atoms with Crippen LogP contribution in [-0.4, -0.2) is 48.6 Å². The fourth-order valence-corrected chi connectivity index (χ4v) is 4.08. The molecule has 0 aromatic heterocycles. The monoisotopic (exact) mass is 466 g/mol. The van der Waals surface area contributed by atoms with E-state index in [0.29, 0.717) is 19.4 Å². The Morgan fingerprint density at radius 1 is 0.758 bits per heavy atom. The van der Waals surface area contributed by atoms with Crippen molar-refractivity contribution in [3.63, 3.8) is 0 Å². The summed E-state index contributed by atoms with van der Waals surface area (Å²) in [4.78, 5) is 24.8. The fraction of sp³-hybridized carbons (Fsp3) is 0.857. The summed E-state index contributed by atoms with van der Waals surface area (Å²) in [6, 6.07) is -0.437. The minimum atomic E-state index is -0.777. The molecule has 0 aromatic rings. The van der Waals surface area contributed by atoms with Crippen molar-refractivity contribution in [1.82, 2.24) is 10.2 Å². The van der Waals surface area contributed by atoms with E-state index in [1.54, 1.807) is 19.0 Å². The van der Waals surface area contributed by atoms with Gasteiger partial charge in [-0.3, -0.25) is 14.5 Å². The van der Waals surface area contributed by atoms with E-state index in [9.17, 15) is 9.59 Å². The van der Waals surface area contributed by atoms with Crippen LogP contribution in [0.1, 0.15) is 129 Å². The number of hydrogen-bond acceptors (Lipinski definition) is 3. The molecule has 0 bridgehead atoms. The first-order valence-electron chi connectivity index (χ1n) is 13.8. The van der Waals surface area contributed by atoms with E-state index in [0.717, 1.165) is 25.7 Å². The summed E-state index contributed by atoms with van der Waals surface area (Å²) in [5, 5.41) is 12.1. The number of carboxylic acid groups (broad SMARTS) is 1. The molecule has 194 valence electrons.